The molecule has 0 amide bonds. The van der Waals surface area contributed by atoms with E-state index in [1.807, 2.05) is 6.07 Å². The van der Waals surface area contributed by atoms with E-state index in [9.17, 15) is 8.60 Å². The fourth-order valence-electron chi connectivity index (χ4n) is 1.55. The van der Waals surface area contributed by atoms with E-state index < -0.39 is 16.6 Å². The molecule has 0 aliphatic rings. The number of hydrogen-bond acceptors (Lipinski definition) is 3. The van der Waals surface area contributed by atoms with Crippen LogP contribution in [0.3, 0.4) is 0 Å². The summed E-state index contributed by atoms with van der Waals surface area (Å²) in [6.07, 6.45) is 0. The highest BCUT2D eigenvalue weighted by atomic mass is 32.2. The number of hydrogen-bond donors (Lipinski definition) is 0. The summed E-state index contributed by atoms with van der Waals surface area (Å²) < 4.78 is 25.7. The van der Waals surface area contributed by atoms with Gasteiger partial charge >= 0.3 is 0 Å². The maximum absolute atomic E-state index is 13.4. The first-order valence-electron chi connectivity index (χ1n) is 5.28. The maximum Gasteiger partial charge on any atom is 0.142 e. The minimum atomic E-state index is -1.65. The summed E-state index contributed by atoms with van der Waals surface area (Å²) in [5.74, 6) is -0.693. The molecule has 0 aliphatic heterocycles. The van der Waals surface area contributed by atoms with Gasteiger partial charge in [0, 0.05) is 4.90 Å². The van der Waals surface area contributed by atoms with Gasteiger partial charge in [-0.2, -0.15) is 10.5 Å². The van der Waals surface area contributed by atoms with Crippen LogP contribution in [-0.2, 0) is 10.8 Å². The molecule has 92 valence electrons. The van der Waals surface area contributed by atoms with Gasteiger partial charge in [0.25, 0.3) is 0 Å². The molecular weight excluding hydrogens is 263 g/mol. The predicted molar refractivity (Wildman–Crippen MR) is 66.9 cm³/mol. The number of benzene rings is 2. The van der Waals surface area contributed by atoms with Crippen molar-refractivity contribution in [3.05, 3.63) is 59.4 Å². The zero-order chi connectivity index (χ0) is 13.8. The van der Waals surface area contributed by atoms with Gasteiger partial charge in [0.2, 0.25) is 0 Å². The average Bonchev–Trinajstić information content (AvgIpc) is 2.46. The van der Waals surface area contributed by atoms with Crippen molar-refractivity contribution in [3.63, 3.8) is 0 Å². The number of halogens is 1. The molecule has 0 aromatic heterocycles. The number of nitrogens with zero attached hydrogens (tertiary/aromatic N) is 2. The van der Waals surface area contributed by atoms with Gasteiger partial charge in [-0.3, -0.25) is 0 Å². The van der Waals surface area contributed by atoms with Crippen molar-refractivity contribution in [3.8, 4) is 12.1 Å². The van der Waals surface area contributed by atoms with Crippen LogP contribution in [0.25, 0.3) is 0 Å². The van der Waals surface area contributed by atoms with Crippen LogP contribution in [0, 0.1) is 28.5 Å². The second-order valence-electron chi connectivity index (χ2n) is 3.63. The van der Waals surface area contributed by atoms with Crippen molar-refractivity contribution in [1.82, 2.24) is 0 Å². The smallest absolute Gasteiger partial charge is 0.142 e. The molecular formula is C14H7FN2OS. The van der Waals surface area contributed by atoms with Gasteiger partial charge in [-0.25, -0.2) is 8.60 Å². The molecule has 2 aromatic carbocycles. The molecule has 1 atom stereocenters. The molecule has 0 saturated carbocycles. The van der Waals surface area contributed by atoms with E-state index in [4.69, 9.17) is 10.5 Å². The first kappa shape index (κ1) is 12.9. The highest BCUT2D eigenvalue weighted by Crippen LogP contribution is 2.22. The van der Waals surface area contributed by atoms with Crippen molar-refractivity contribution in [2.75, 3.05) is 0 Å². The third kappa shape index (κ3) is 2.52. The summed E-state index contributed by atoms with van der Waals surface area (Å²) in [6.45, 7) is 0. The van der Waals surface area contributed by atoms with Crippen LogP contribution in [-0.4, -0.2) is 4.21 Å². The van der Waals surface area contributed by atoms with Gasteiger partial charge in [0.15, 0.2) is 0 Å². The normalized spacial score (nSPS) is 11.3. The molecule has 0 spiro atoms. The molecule has 3 nitrogen and oxygen atoms in total. The Bertz CT molecular complexity index is 727. The second kappa shape index (κ2) is 5.43. The minimum Gasteiger partial charge on any atom is -0.249 e. The van der Waals surface area contributed by atoms with E-state index in [1.54, 1.807) is 6.07 Å². The Balaban J connectivity index is 2.48. The molecule has 2 rings (SSSR count). The Morgan fingerprint density at radius 1 is 1.00 bits per heavy atom. The Labute approximate surface area is 112 Å². The van der Waals surface area contributed by atoms with E-state index in [1.165, 1.54) is 36.4 Å². The first-order chi connectivity index (χ1) is 9.17. The maximum atomic E-state index is 13.4. The van der Waals surface area contributed by atoms with E-state index >= 15 is 0 Å². The molecule has 0 aliphatic carbocycles. The van der Waals surface area contributed by atoms with Crippen molar-refractivity contribution in [2.45, 2.75) is 9.79 Å². The van der Waals surface area contributed by atoms with Crippen LogP contribution < -0.4 is 0 Å². The Morgan fingerprint density at radius 3 is 2.26 bits per heavy atom. The summed E-state index contributed by atoms with van der Waals surface area (Å²) in [4.78, 5) is 0.549. The number of nitriles is 2. The molecule has 0 N–H and O–H groups in total. The zero-order valence-corrected chi connectivity index (χ0v) is 10.4. The lowest BCUT2D eigenvalue weighted by Gasteiger charge is -2.05. The van der Waals surface area contributed by atoms with E-state index in [-0.39, 0.29) is 10.5 Å². The monoisotopic (exact) mass is 270 g/mol. The van der Waals surface area contributed by atoms with Gasteiger partial charge < -0.3 is 0 Å². The van der Waals surface area contributed by atoms with Crippen molar-refractivity contribution in [1.29, 1.82) is 10.5 Å². The Kier molecular flexibility index (Phi) is 3.70. The molecule has 19 heavy (non-hydrogen) atoms. The SMILES string of the molecule is N#Cc1ccc([S@](=O)c2cccc(F)c2C#N)cc1. The first-order valence-corrected chi connectivity index (χ1v) is 6.43. The lowest BCUT2D eigenvalue weighted by atomic mass is 10.2. The molecule has 0 heterocycles. The van der Waals surface area contributed by atoms with Crippen molar-refractivity contribution < 1.29 is 8.60 Å². The van der Waals surface area contributed by atoms with Crippen molar-refractivity contribution >= 4 is 10.8 Å². The summed E-state index contributed by atoms with van der Waals surface area (Å²) in [5.41, 5.74) is 0.227. The molecule has 5 heteroatoms. The predicted octanol–water partition coefficient (Wildman–Crippen LogP) is 2.74. The lowest BCUT2D eigenvalue weighted by Crippen LogP contribution is -1.98. The molecule has 0 unspecified atom stereocenters. The average molecular weight is 270 g/mol. The standard InChI is InChI=1S/C14H7FN2OS/c15-13-2-1-3-14(12(13)9-17)19(18)11-6-4-10(8-16)5-7-11/h1-7H/t19-/m0/s1. The van der Waals surface area contributed by atoms with E-state index in [0.29, 0.717) is 10.5 Å². The van der Waals surface area contributed by atoms with Gasteiger partial charge in [0.1, 0.15) is 17.4 Å². The third-order valence-electron chi connectivity index (χ3n) is 2.48. The van der Waals surface area contributed by atoms with E-state index in [0.717, 1.165) is 6.07 Å². The minimum absolute atomic E-state index is 0.132. The summed E-state index contributed by atoms with van der Waals surface area (Å²) in [7, 11) is -1.65. The zero-order valence-electron chi connectivity index (χ0n) is 9.63. The fraction of sp³-hybridized carbons (Fsp3) is 0. The van der Waals surface area contributed by atoms with Crippen LogP contribution in [0.4, 0.5) is 4.39 Å². The summed E-state index contributed by atoms with van der Waals surface area (Å²) >= 11 is 0. The van der Waals surface area contributed by atoms with Crippen LogP contribution >= 0.6 is 0 Å². The lowest BCUT2D eigenvalue weighted by molar-refractivity contribution is 0.618. The largest absolute Gasteiger partial charge is 0.249 e. The van der Waals surface area contributed by atoms with Gasteiger partial charge in [-0.15, -0.1) is 0 Å². The van der Waals surface area contributed by atoms with E-state index in [2.05, 4.69) is 0 Å². The molecule has 0 saturated heterocycles. The molecule has 0 fully saturated rings. The summed E-state index contributed by atoms with van der Waals surface area (Å²) in [5, 5.41) is 17.6. The van der Waals surface area contributed by atoms with Gasteiger partial charge in [-0.1, -0.05) is 6.07 Å². The topological polar surface area (TPSA) is 64.7 Å². The van der Waals surface area contributed by atoms with Crippen LogP contribution in [0.2, 0.25) is 0 Å². The molecule has 0 radical (unpaired) electrons. The molecule has 0 bridgehead atoms. The van der Waals surface area contributed by atoms with Crippen LogP contribution in [0.5, 0.6) is 0 Å². The highest BCUT2D eigenvalue weighted by molar-refractivity contribution is 7.85. The molecule has 2 aromatic rings. The quantitative estimate of drug-likeness (QED) is 0.842. The van der Waals surface area contributed by atoms with Gasteiger partial charge in [0.05, 0.1) is 27.3 Å². The van der Waals surface area contributed by atoms with Crippen LogP contribution in [0.1, 0.15) is 11.1 Å². The highest BCUT2D eigenvalue weighted by Gasteiger charge is 2.15. The van der Waals surface area contributed by atoms with Gasteiger partial charge in [-0.05, 0) is 36.4 Å². The Morgan fingerprint density at radius 2 is 1.68 bits per heavy atom. The second-order valence-corrected chi connectivity index (χ2v) is 5.08. The fourth-order valence-corrected chi connectivity index (χ4v) is 2.72. The summed E-state index contributed by atoms with van der Waals surface area (Å²) in [6, 6.07) is 13.8. The van der Waals surface area contributed by atoms with Crippen molar-refractivity contribution in [2.24, 2.45) is 0 Å². The third-order valence-corrected chi connectivity index (χ3v) is 3.92. The van der Waals surface area contributed by atoms with Crippen LogP contribution in [0.15, 0.2) is 52.3 Å². The Hall–Kier alpha value is -2.50. The number of rotatable bonds is 2.